The van der Waals surface area contributed by atoms with Gasteiger partial charge in [0.25, 0.3) is 0 Å². The summed E-state index contributed by atoms with van der Waals surface area (Å²) in [5.74, 6) is 1.60. The van der Waals surface area contributed by atoms with Gasteiger partial charge in [0, 0.05) is 17.1 Å². The lowest BCUT2D eigenvalue weighted by molar-refractivity contribution is 0.475. The summed E-state index contributed by atoms with van der Waals surface area (Å²) in [5, 5.41) is 1.37. The van der Waals surface area contributed by atoms with Gasteiger partial charge in [-0.05, 0) is 36.4 Å². The molecular formula is C13H9Cl2NO. The van der Waals surface area contributed by atoms with E-state index in [2.05, 4.69) is 0 Å². The van der Waals surface area contributed by atoms with Gasteiger partial charge in [-0.15, -0.1) is 0 Å². The average Bonchev–Trinajstić information content (AvgIpc) is 2.32. The number of fused-ring (bicyclic) bond motifs is 2. The highest BCUT2D eigenvalue weighted by Gasteiger charge is 2.21. The summed E-state index contributed by atoms with van der Waals surface area (Å²) in [6.45, 7) is 0. The predicted octanol–water partition coefficient (Wildman–Crippen LogP) is 4.87. The van der Waals surface area contributed by atoms with Crippen LogP contribution in [0.2, 0.25) is 10.0 Å². The molecule has 0 radical (unpaired) electrons. The van der Waals surface area contributed by atoms with E-state index in [4.69, 9.17) is 27.9 Å². The number of nitrogens with zero attached hydrogens (tertiary/aromatic N) is 1. The highest BCUT2D eigenvalue weighted by atomic mass is 35.5. The van der Waals surface area contributed by atoms with E-state index < -0.39 is 0 Å². The first-order valence-corrected chi connectivity index (χ1v) is 5.91. The first-order valence-electron chi connectivity index (χ1n) is 5.16. The van der Waals surface area contributed by atoms with Crippen molar-refractivity contribution in [2.24, 2.45) is 0 Å². The molecule has 2 nitrogen and oxygen atoms in total. The molecule has 4 heteroatoms. The first kappa shape index (κ1) is 10.8. The molecule has 0 unspecified atom stereocenters. The fourth-order valence-electron chi connectivity index (χ4n) is 1.93. The van der Waals surface area contributed by atoms with E-state index in [0.717, 1.165) is 22.9 Å². The molecule has 0 saturated heterocycles. The van der Waals surface area contributed by atoms with Gasteiger partial charge in [-0.1, -0.05) is 23.2 Å². The Balaban J connectivity index is 2.18. The molecule has 0 aromatic heterocycles. The second-order valence-corrected chi connectivity index (χ2v) is 4.76. The summed E-state index contributed by atoms with van der Waals surface area (Å²) < 4.78 is 5.80. The molecule has 0 saturated carbocycles. The summed E-state index contributed by atoms with van der Waals surface area (Å²) in [6, 6.07) is 11.1. The number of halogens is 2. The van der Waals surface area contributed by atoms with Crippen LogP contribution in [0.1, 0.15) is 0 Å². The van der Waals surface area contributed by atoms with Crippen LogP contribution in [0.3, 0.4) is 0 Å². The van der Waals surface area contributed by atoms with E-state index in [0.29, 0.717) is 10.0 Å². The number of hydrogen-bond acceptors (Lipinski definition) is 2. The van der Waals surface area contributed by atoms with Crippen molar-refractivity contribution >= 4 is 34.6 Å². The largest absolute Gasteiger partial charge is 0.453 e. The van der Waals surface area contributed by atoms with Gasteiger partial charge in [0.15, 0.2) is 11.5 Å². The third-order valence-electron chi connectivity index (χ3n) is 2.78. The van der Waals surface area contributed by atoms with Gasteiger partial charge in [-0.2, -0.15) is 0 Å². The molecule has 1 aliphatic heterocycles. The standard InChI is InChI=1S/C13H9Cl2NO/c1-16-10-6-8(14)2-4-12(10)17-13-5-3-9(15)7-11(13)16/h2-7H,1H3. The third kappa shape index (κ3) is 1.74. The van der Waals surface area contributed by atoms with Crippen LogP contribution in [0.5, 0.6) is 11.5 Å². The van der Waals surface area contributed by atoms with Crippen LogP contribution in [0.15, 0.2) is 36.4 Å². The van der Waals surface area contributed by atoms with E-state index in [1.165, 1.54) is 0 Å². The molecule has 0 amide bonds. The number of benzene rings is 2. The topological polar surface area (TPSA) is 12.5 Å². The molecule has 86 valence electrons. The van der Waals surface area contributed by atoms with Crippen molar-refractivity contribution in [3.63, 3.8) is 0 Å². The van der Waals surface area contributed by atoms with E-state index >= 15 is 0 Å². The zero-order chi connectivity index (χ0) is 12.0. The zero-order valence-electron chi connectivity index (χ0n) is 9.08. The van der Waals surface area contributed by atoms with E-state index in [9.17, 15) is 0 Å². The fourth-order valence-corrected chi connectivity index (χ4v) is 2.26. The lowest BCUT2D eigenvalue weighted by atomic mass is 10.2. The highest BCUT2D eigenvalue weighted by Crippen LogP contribution is 2.47. The van der Waals surface area contributed by atoms with E-state index in [-0.39, 0.29) is 0 Å². The Morgan fingerprint density at radius 2 is 1.35 bits per heavy atom. The Labute approximate surface area is 109 Å². The van der Waals surface area contributed by atoms with Crippen LogP contribution in [-0.4, -0.2) is 7.05 Å². The fraction of sp³-hybridized carbons (Fsp3) is 0.0769. The SMILES string of the molecule is CN1c2cc(Cl)ccc2Oc2ccc(Cl)cc21. The van der Waals surface area contributed by atoms with Crippen molar-refractivity contribution < 1.29 is 4.74 Å². The summed E-state index contributed by atoms with van der Waals surface area (Å²) in [4.78, 5) is 2.02. The van der Waals surface area contributed by atoms with Gasteiger partial charge < -0.3 is 9.64 Å². The average molecular weight is 266 g/mol. The summed E-state index contributed by atoms with van der Waals surface area (Å²) in [5.41, 5.74) is 1.87. The number of ether oxygens (including phenoxy) is 1. The van der Waals surface area contributed by atoms with Crippen LogP contribution < -0.4 is 9.64 Å². The second kappa shape index (κ2) is 3.83. The Morgan fingerprint density at radius 3 is 1.82 bits per heavy atom. The lowest BCUT2D eigenvalue weighted by Gasteiger charge is -2.29. The van der Waals surface area contributed by atoms with Gasteiger partial charge in [0.05, 0.1) is 11.4 Å². The quantitative estimate of drug-likeness (QED) is 0.674. The minimum atomic E-state index is 0.685. The van der Waals surface area contributed by atoms with Gasteiger partial charge in [-0.3, -0.25) is 0 Å². The Kier molecular flexibility index (Phi) is 2.42. The molecule has 0 aliphatic carbocycles. The molecule has 17 heavy (non-hydrogen) atoms. The monoisotopic (exact) mass is 265 g/mol. The van der Waals surface area contributed by atoms with Crippen LogP contribution in [-0.2, 0) is 0 Å². The summed E-state index contributed by atoms with van der Waals surface area (Å²) >= 11 is 12.0. The van der Waals surface area contributed by atoms with Crippen molar-refractivity contribution in [1.82, 2.24) is 0 Å². The molecule has 0 spiro atoms. The minimum absolute atomic E-state index is 0.685. The van der Waals surface area contributed by atoms with Gasteiger partial charge in [-0.25, -0.2) is 0 Å². The van der Waals surface area contributed by atoms with E-state index in [1.54, 1.807) is 0 Å². The predicted molar refractivity (Wildman–Crippen MR) is 71.0 cm³/mol. The number of anilines is 2. The molecule has 2 aromatic carbocycles. The maximum absolute atomic E-state index is 5.99. The van der Waals surface area contributed by atoms with Gasteiger partial charge in [0.2, 0.25) is 0 Å². The van der Waals surface area contributed by atoms with Crippen LogP contribution in [0.25, 0.3) is 0 Å². The summed E-state index contributed by atoms with van der Waals surface area (Å²) in [7, 11) is 1.97. The molecule has 0 bridgehead atoms. The number of hydrogen-bond donors (Lipinski definition) is 0. The maximum Gasteiger partial charge on any atom is 0.151 e. The Bertz CT molecular complexity index is 546. The maximum atomic E-state index is 5.99. The summed E-state index contributed by atoms with van der Waals surface area (Å²) in [6.07, 6.45) is 0. The molecule has 2 aromatic rings. The lowest BCUT2D eigenvalue weighted by Crippen LogP contribution is -2.15. The molecule has 0 fully saturated rings. The van der Waals surface area contributed by atoms with Gasteiger partial charge >= 0.3 is 0 Å². The first-order chi connectivity index (χ1) is 8.15. The second-order valence-electron chi connectivity index (χ2n) is 3.89. The molecule has 0 N–H and O–H groups in total. The van der Waals surface area contributed by atoms with Crippen molar-refractivity contribution in [1.29, 1.82) is 0 Å². The minimum Gasteiger partial charge on any atom is -0.453 e. The molecule has 1 heterocycles. The zero-order valence-corrected chi connectivity index (χ0v) is 10.6. The molecule has 3 rings (SSSR count). The Hall–Kier alpha value is -1.38. The van der Waals surface area contributed by atoms with Crippen molar-refractivity contribution in [3.05, 3.63) is 46.4 Å². The van der Waals surface area contributed by atoms with Crippen molar-refractivity contribution in [3.8, 4) is 11.5 Å². The van der Waals surface area contributed by atoms with Crippen LogP contribution in [0, 0.1) is 0 Å². The smallest absolute Gasteiger partial charge is 0.151 e. The van der Waals surface area contributed by atoms with Crippen LogP contribution >= 0.6 is 23.2 Å². The molecular weight excluding hydrogens is 257 g/mol. The van der Waals surface area contributed by atoms with E-state index in [1.807, 2.05) is 48.3 Å². The Morgan fingerprint density at radius 1 is 0.882 bits per heavy atom. The van der Waals surface area contributed by atoms with Gasteiger partial charge in [0.1, 0.15) is 0 Å². The molecule has 0 atom stereocenters. The van der Waals surface area contributed by atoms with Crippen molar-refractivity contribution in [2.75, 3.05) is 11.9 Å². The highest BCUT2D eigenvalue weighted by molar-refractivity contribution is 6.31. The number of rotatable bonds is 0. The molecule has 1 aliphatic rings. The normalized spacial score (nSPS) is 12.8. The van der Waals surface area contributed by atoms with Crippen molar-refractivity contribution in [2.45, 2.75) is 0 Å². The van der Waals surface area contributed by atoms with Crippen LogP contribution in [0.4, 0.5) is 11.4 Å². The third-order valence-corrected chi connectivity index (χ3v) is 3.25.